The molecule has 2 aromatic rings. The fourth-order valence-corrected chi connectivity index (χ4v) is 3.09. The number of hydrogen-bond acceptors (Lipinski definition) is 4. The summed E-state index contributed by atoms with van der Waals surface area (Å²) in [6.45, 7) is 2.76. The zero-order chi connectivity index (χ0) is 16.7. The van der Waals surface area contributed by atoms with E-state index in [0.29, 0.717) is 23.7 Å². The number of carbonyl (C=O) groups is 1. The van der Waals surface area contributed by atoms with Gasteiger partial charge in [0.1, 0.15) is 22.8 Å². The topological polar surface area (TPSA) is 44.8 Å². The van der Waals surface area contributed by atoms with Crippen molar-refractivity contribution in [3.8, 4) is 17.2 Å². The first-order valence-electron chi connectivity index (χ1n) is 7.44. The van der Waals surface area contributed by atoms with Gasteiger partial charge >= 0.3 is 0 Å². The summed E-state index contributed by atoms with van der Waals surface area (Å²) in [6.07, 6.45) is 0.968. The van der Waals surface area contributed by atoms with E-state index in [1.165, 1.54) is 0 Å². The number of ether oxygens (including phenoxy) is 3. The third kappa shape index (κ3) is 5.28. The molecule has 0 aliphatic heterocycles. The molecule has 0 aliphatic carbocycles. The van der Waals surface area contributed by atoms with Crippen molar-refractivity contribution in [2.24, 2.45) is 0 Å². The molecule has 0 bridgehead atoms. The van der Waals surface area contributed by atoms with Crippen LogP contribution in [-0.2, 0) is 0 Å². The molecule has 1 unspecified atom stereocenters. The molecule has 0 aromatic heterocycles. The molecule has 4 nitrogen and oxygen atoms in total. The van der Waals surface area contributed by atoms with Crippen LogP contribution in [0.15, 0.2) is 42.5 Å². The Morgan fingerprint density at radius 3 is 2.08 bits per heavy atom. The summed E-state index contributed by atoms with van der Waals surface area (Å²) in [5, 5.41) is 0.951. The molecule has 2 aromatic carbocycles. The van der Waals surface area contributed by atoms with Gasteiger partial charge in [0.15, 0.2) is 5.52 Å². The molecule has 0 spiro atoms. The molecule has 0 aliphatic rings. The molecule has 123 valence electrons. The normalized spacial score (nSPS) is 10.3. The Morgan fingerprint density at radius 1 is 1.00 bits per heavy atom. The van der Waals surface area contributed by atoms with Crippen molar-refractivity contribution < 1.29 is 19.0 Å². The minimum Gasteiger partial charge on any atom is -0.496 e. The molecule has 0 heterocycles. The minimum absolute atomic E-state index is 0. The molecule has 0 saturated carbocycles. The maximum Gasteiger partial charge on any atom is 0.193 e. The maximum atomic E-state index is 12.7. The third-order valence-electron chi connectivity index (χ3n) is 3.24. The van der Waals surface area contributed by atoms with Crippen LogP contribution >= 0.6 is 8.58 Å². The molecule has 0 saturated heterocycles. The molecule has 0 fully saturated rings. The standard InChI is InChI=1S/C18H21O4P.Li/c1-4-12-22-13-8-10-14(11-9-13)23-18(19)17-15(20-2)6-5-7-16(17)21-3;/h5-11,23H,4,12H2,1-3H3;. The molecule has 24 heavy (non-hydrogen) atoms. The van der Waals surface area contributed by atoms with Crippen molar-refractivity contribution in [1.82, 2.24) is 0 Å². The average molecular weight is 339 g/mol. The molecule has 1 radical (unpaired) electrons. The van der Waals surface area contributed by atoms with Gasteiger partial charge in [-0.2, -0.15) is 0 Å². The van der Waals surface area contributed by atoms with Gasteiger partial charge in [-0.3, -0.25) is 4.79 Å². The van der Waals surface area contributed by atoms with Gasteiger partial charge in [-0.25, -0.2) is 0 Å². The second-order valence-electron chi connectivity index (χ2n) is 4.86. The quantitative estimate of drug-likeness (QED) is 0.547. The first-order valence-corrected chi connectivity index (χ1v) is 8.44. The van der Waals surface area contributed by atoms with E-state index in [-0.39, 0.29) is 33.0 Å². The van der Waals surface area contributed by atoms with Gasteiger partial charge in [0.25, 0.3) is 0 Å². The fraction of sp³-hybridized carbons (Fsp3) is 0.278. The first kappa shape index (κ1) is 20.6. The van der Waals surface area contributed by atoms with Gasteiger partial charge < -0.3 is 14.2 Å². The number of hydrogen-bond donors (Lipinski definition) is 0. The second kappa shape index (κ2) is 10.4. The van der Waals surface area contributed by atoms with Crippen molar-refractivity contribution >= 4 is 38.3 Å². The smallest absolute Gasteiger partial charge is 0.193 e. The summed E-state index contributed by atoms with van der Waals surface area (Å²) in [6, 6.07) is 13.0. The molecule has 2 rings (SSSR count). The van der Waals surface area contributed by atoms with Crippen LogP contribution in [0.3, 0.4) is 0 Å². The van der Waals surface area contributed by atoms with Crippen molar-refractivity contribution in [2.75, 3.05) is 20.8 Å². The molecular weight excluding hydrogens is 318 g/mol. The summed E-state index contributed by atoms with van der Waals surface area (Å²) >= 11 is 0. The monoisotopic (exact) mass is 339 g/mol. The van der Waals surface area contributed by atoms with Gasteiger partial charge in [0.05, 0.1) is 20.8 Å². The van der Waals surface area contributed by atoms with Crippen LogP contribution in [0.5, 0.6) is 17.2 Å². The van der Waals surface area contributed by atoms with Gasteiger partial charge in [-0.1, -0.05) is 25.1 Å². The Balaban J connectivity index is 0.00000288. The van der Waals surface area contributed by atoms with Crippen molar-refractivity contribution in [3.05, 3.63) is 48.0 Å². The molecule has 6 heteroatoms. The summed E-state index contributed by atoms with van der Waals surface area (Å²) in [5.74, 6) is 1.89. The van der Waals surface area contributed by atoms with Crippen LogP contribution < -0.4 is 19.5 Å². The summed E-state index contributed by atoms with van der Waals surface area (Å²) in [4.78, 5) is 12.7. The fourth-order valence-electron chi connectivity index (χ4n) is 2.12. The Bertz CT molecular complexity index is 636. The van der Waals surface area contributed by atoms with Gasteiger partial charge in [0.2, 0.25) is 0 Å². The van der Waals surface area contributed by atoms with E-state index < -0.39 is 0 Å². The zero-order valence-corrected chi connectivity index (χ0v) is 15.6. The molecular formula is C18H21LiO4P. The van der Waals surface area contributed by atoms with E-state index in [9.17, 15) is 4.79 Å². The Labute approximate surface area is 156 Å². The predicted molar refractivity (Wildman–Crippen MR) is 99.8 cm³/mol. The van der Waals surface area contributed by atoms with Crippen molar-refractivity contribution in [3.63, 3.8) is 0 Å². The van der Waals surface area contributed by atoms with Crippen LogP contribution in [0, 0.1) is 0 Å². The third-order valence-corrected chi connectivity index (χ3v) is 4.34. The molecule has 0 amide bonds. The number of rotatable bonds is 8. The van der Waals surface area contributed by atoms with Crippen LogP contribution in [-0.4, -0.2) is 45.2 Å². The SMILES string of the molecule is CCCOc1ccc(PC(=O)c2c(OC)cccc2OC)cc1.[Li]. The van der Waals surface area contributed by atoms with Gasteiger partial charge in [-0.15, -0.1) is 0 Å². The van der Waals surface area contributed by atoms with E-state index >= 15 is 0 Å². The minimum atomic E-state index is -0.0125. The predicted octanol–water partition coefficient (Wildman–Crippen LogP) is 3.26. The Kier molecular flexibility index (Phi) is 8.93. The van der Waals surface area contributed by atoms with Crippen LogP contribution in [0.1, 0.15) is 23.7 Å². The average Bonchev–Trinajstić information content (AvgIpc) is 2.60. The summed E-state index contributed by atoms with van der Waals surface area (Å²) in [7, 11) is 3.10. The first-order chi connectivity index (χ1) is 11.2. The Hall–Kier alpha value is -1.46. The number of methoxy groups -OCH3 is 2. The van der Waals surface area contributed by atoms with Crippen molar-refractivity contribution in [1.29, 1.82) is 0 Å². The molecule has 0 N–H and O–H groups in total. The Morgan fingerprint density at radius 2 is 1.58 bits per heavy atom. The summed E-state index contributed by atoms with van der Waals surface area (Å²) in [5.41, 5.74) is 0.476. The van der Waals surface area contributed by atoms with Gasteiger partial charge in [-0.05, 0) is 44.6 Å². The number of carbonyl (C=O) groups excluding carboxylic acids is 1. The van der Waals surface area contributed by atoms with Crippen LogP contribution in [0.4, 0.5) is 0 Å². The van der Waals surface area contributed by atoms with Crippen molar-refractivity contribution in [2.45, 2.75) is 13.3 Å². The van der Waals surface area contributed by atoms with E-state index in [1.54, 1.807) is 32.4 Å². The van der Waals surface area contributed by atoms with E-state index in [2.05, 4.69) is 6.92 Å². The van der Waals surface area contributed by atoms with E-state index in [4.69, 9.17) is 14.2 Å². The molecule has 1 atom stereocenters. The number of benzene rings is 2. The van der Waals surface area contributed by atoms with Crippen LogP contribution in [0.2, 0.25) is 0 Å². The summed E-state index contributed by atoms with van der Waals surface area (Å²) < 4.78 is 16.1. The maximum absolute atomic E-state index is 12.7. The second-order valence-corrected chi connectivity index (χ2v) is 6.15. The zero-order valence-electron chi connectivity index (χ0n) is 14.6. The van der Waals surface area contributed by atoms with Gasteiger partial charge in [0, 0.05) is 18.9 Å². The van der Waals surface area contributed by atoms with E-state index in [1.807, 2.05) is 24.3 Å². The largest absolute Gasteiger partial charge is 0.496 e. The van der Waals surface area contributed by atoms with E-state index in [0.717, 1.165) is 17.5 Å². The van der Waals surface area contributed by atoms with Crippen LogP contribution in [0.25, 0.3) is 0 Å².